The molecule has 1 aliphatic carbocycles. The highest BCUT2D eigenvalue weighted by molar-refractivity contribution is 6.05. The number of rotatable bonds is 4. The van der Waals surface area contributed by atoms with Gasteiger partial charge in [-0.1, -0.05) is 43.3 Å². The number of nitrogens with one attached hydrogen (secondary N) is 1. The number of nitrogens with zero attached hydrogens (tertiary/aromatic N) is 1. The zero-order valence-corrected chi connectivity index (χ0v) is 18.1. The molecule has 1 amide bonds. The Hall–Kier alpha value is -3.41. The normalized spacial score (nSPS) is 19.4. The number of pyridine rings is 1. The van der Waals surface area contributed by atoms with Crippen LogP contribution in [0.3, 0.4) is 0 Å². The van der Waals surface area contributed by atoms with E-state index in [4.69, 9.17) is 14.5 Å². The van der Waals surface area contributed by atoms with Gasteiger partial charge in [0.05, 0.1) is 23.7 Å². The van der Waals surface area contributed by atoms with Crippen LogP contribution in [0.4, 0.5) is 0 Å². The zero-order chi connectivity index (χ0) is 22.1. The maximum atomic E-state index is 13.2. The summed E-state index contributed by atoms with van der Waals surface area (Å²) in [6, 6.07) is 15.2. The molecule has 164 valence electrons. The summed E-state index contributed by atoms with van der Waals surface area (Å²) in [5.41, 5.74) is 4.22. The van der Waals surface area contributed by atoms with Crippen LogP contribution in [-0.4, -0.2) is 30.1 Å². The van der Waals surface area contributed by atoms with Crippen molar-refractivity contribution in [1.29, 1.82) is 0 Å². The lowest BCUT2D eigenvalue weighted by Gasteiger charge is -2.26. The third-order valence-corrected chi connectivity index (χ3v) is 6.34. The summed E-state index contributed by atoms with van der Waals surface area (Å²) in [5, 5.41) is 3.76. The van der Waals surface area contributed by atoms with Crippen molar-refractivity contribution in [2.75, 3.05) is 13.2 Å². The van der Waals surface area contributed by atoms with E-state index < -0.39 is 5.97 Å². The van der Waals surface area contributed by atoms with Crippen molar-refractivity contribution in [2.45, 2.75) is 38.6 Å². The van der Waals surface area contributed by atoms with E-state index in [1.54, 1.807) is 0 Å². The summed E-state index contributed by atoms with van der Waals surface area (Å²) in [4.78, 5) is 30.6. The minimum absolute atomic E-state index is 0.151. The second-order valence-electron chi connectivity index (χ2n) is 8.65. The Kier molecular flexibility index (Phi) is 5.52. The van der Waals surface area contributed by atoms with Crippen molar-refractivity contribution in [1.82, 2.24) is 10.3 Å². The molecule has 0 bridgehead atoms. The van der Waals surface area contributed by atoms with Crippen LogP contribution in [0, 0.1) is 5.92 Å². The monoisotopic (exact) mass is 430 g/mol. The number of aryl methyl sites for hydroxylation is 1. The number of ether oxygens (including phenoxy) is 2. The van der Waals surface area contributed by atoms with Crippen molar-refractivity contribution in [2.24, 2.45) is 5.92 Å². The molecule has 0 saturated carbocycles. The van der Waals surface area contributed by atoms with Crippen LogP contribution in [0.5, 0.6) is 5.75 Å². The molecule has 1 aliphatic heterocycles. The van der Waals surface area contributed by atoms with Gasteiger partial charge in [-0.25, -0.2) is 4.79 Å². The standard InChI is InChI=1S/C26H26N2O4/c1-16-10-11-21-19(14-16)25(18-7-2-4-8-20(18)27-21)26(30)32-15-24(29)28-22-12-13-31-23-9-5-3-6-17(22)23/h2-9,16,22H,10-15H2,1H3,(H,28,29). The zero-order valence-electron chi connectivity index (χ0n) is 18.1. The average molecular weight is 431 g/mol. The van der Waals surface area contributed by atoms with Gasteiger partial charge in [0.2, 0.25) is 0 Å². The van der Waals surface area contributed by atoms with Crippen LogP contribution in [0.15, 0.2) is 48.5 Å². The number of carbonyl (C=O) groups is 2. The molecule has 2 aromatic carbocycles. The first-order chi connectivity index (χ1) is 15.6. The van der Waals surface area contributed by atoms with Gasteiger partial charge in [0.1, 0.15) is 5.75 Å². The van der Waals surface area contributed by atoms with Gasteiger partial charge in [-0.15, -0.1) is 0 Å². The van der Waals surface area contributed by atoms with E-state index in [9.17, 15) is 9.59 Å². The highest BCUT2D eigenvalue weighted by Crippen LogP contribution is 2.33. The minimum Gasteiger partial charge on any atom is -0.493 e. The van der Waals surface area contributed by atoms with E-state index in [0.29, 0.717) is 24.5 Å². The fourth-order valence-corrected chi connectivity index (χ4v) is 4.73. The predicted octanol–water partition coefficient (Wildman–Crippen LogP) is 4.16. The number of hydrogen-bond acceptors (Lipinski definition) is 5. The van der Waals surface area contributed by atoms with E-state index >= 15 is 0 Å². The molecule has 6 nitrogen and oxygen atoms in total. The molecule has 6 heteroatoms. The molecule has 0 spiro atoms. The molecular weight excluding hydrogens is 404 g/mol. The molecule has 2 aliphatic rings. The SMILES string of the molecule is CC1CCc2nc3ccccc3c(C(=O)OCC(=O)NC3CCOc4ccccc43)c2C1. The van der Waals surface area contributed by atoms with E-state index in [2.05, 4.69) is 12.2 Å². The lowest BCUT2D eigenvalue weighted by atomic mass is 9.84. The van der Waals surface area contributed by atoms with Gasteiger partial charge in [0, 0.05) is 23.1 Å². The van der Waals surface area contributed by atoms with Crippen molar-refractivity contribution in [3.63, 3.8) is 0 Å². The van der Waals surface area contributed by atoms with Gasteiger partial charge < -0.3 is 14.8 Å². The van der Waals surface area contributed by atoms with E-state index in [1.165, 1.54) is 0 Å². The fraction of sp³-hybridized carbons (Fsp3) is 0.346. The highest BCUT2D eigenvalue weighted by atomic mass is 16.5. The maximum Gasteiger partial charge on any atom is 0.339 e. The number of fused-ring (bicyclic) bond motifs is 3. The Balaban J connectivity index is 1.34. The van der Waals surface area contributed by atoms with Crippen molar-refractivity contribution in [3.8, 4) is 5.75 Å². The van der Waals surface area contributed by atoms with Crippen LogP contribution >= 0.6 is 0 Å². The summed E-state index contributed by atoms with van der Waals surface area (Å²) >= 11 is 0. The minimum atomic E-state index is -0.462. The Labute approximate surface area is 186 Å². The van der Waals surface area contributed by atoms with E-state index in [1.807, 2.05) is 48.5 Å². The van der Waals surface area contributed by atoms with Crippen LogP contribution in [0.1, 0.15) is 53.0 Å². The summed E-state index contributed by atoms with van der Waals surface area (Å²) in [6.07, 6.45) is 3.38. The molecule has 0 radical (unpaired) electrons. The van der Waals surface area contributed by atoms with Gasteiger partial charge in [-0.3, -0.25) is 9.78 Å². The Morgan fingerprint density at radius 3 is 2.84 bits per heavy atom. The smallest absolute Gasteiger partial charge is 0.339 e. The van der Waals surface area contributed by atoms with Gasteiger partial charge in [0.15, 0.2) is 6.61 Å². The van der Waals surface area contributed by atoms with Crippen LogP contribution in [-0.2, 0) is 22.4 Å². The number of amides is 1. The molecule has 5 rings (SSSR count). The third-order valence-electron chi connectivity index (χ3n) is 6.34. The Morgan fingerprint density at radius 2 is 1.94 bits per heavy atom. The topological polar surface area (TPSA) is 77.5 Å². The lowest BCUT2D eigenvalue weighted by molar-refractivity contribution is -0.125. The molecular formula is C26H26N2O4. The van der Waals surface area contributed by atoms with Crippen LogP contribution in [0.2, 0.25) is 0 Å². The second-order valence-corrected chi connectivity index (χ2v) is 8.65. The number of para-hydroxylation sites is 2. The quantitative estimate of drug-likeness (QED) is 0.629. The van der Waals surface area contributed by atoms with Gasteiger partial charge in [0.25, 0.3) is 5.91 Å². The lowest BCUT2D eigenvalue weighted by Crippen LogP contribution is -2.35. The number of hydrogen-bond donors (Lipinski definition) is 1. The molecule has 3 aromatic rings. The van der Waals surface area contributed by atoms with Gasteiger partial charge >= 0.3 is 5.97 Å². The van der Waals surface area contributed by atoms with Crippen molar-refractivity contribution in [3.05, 3.63) is 70.9 Å². The average Bonchev–Trinajstić information content (AvgIpc) is 2.81. The fourth-order valence-electron chi connectivity index (χ4n) is 4.73. The molecule has 2 heterocycles. The molecule has 0 fully saturated rings. The third kappa shape index (κ3) is 3.93. The molecule has 1 N–H and O–H groups in total. The van der Waals surface area contributed by atoms with Crippen molar-refractivity contribution >= 4 is 22.8 Å². The number of carbonyl (C=O) groups excluding carboxylic acids is 2. The van der Waals surface area contributed by atoms with Crippen LogP contribution < -0.4 is 10.1 Å². The number of aromatic nitrogens is 1. The summed E-state index contributed by atoms with van der Waals surface area (Å²) in [5.74, 6) is 0.482. The molecule has 32 heavy (non-hydrogen) atoms. The summed E-state index contributed by atoms with van der Waals surface area (Å²) in [7, 11) is 0. The first-order valence-electron chi connectivity index (χ1n) is 11.2. The van der Waals surface area contributed by atoms with Crippen LogP contribution in [0.25, 0.3) is 10.9 Å². The largest absolute Gasteiger partial charge is 0.493 e. The van der Waals surface area contributed by atoms with E-state index in [0.717, 1.165) is 52.7 Å². The first kappa shape index (κ1) is 20.5. The number of esters is 1. The Bertz CT molecular complexity index is 1190. The van der Waals surface area contributed by atoms with E-state index in [-0.39, 0.29) is 18.6 Å². The Morgan fingerprint density at radius 1 is 1.12 bits per heavy atom. The molecule has 2 unspecified atom stereocenters. The van der Waals surface area contributed by atoms with Gasteiger partial charge in [-0.05, 0) is 42.9 Å². The second kappa shape index (κ2) is 8.61. The first-order valence-corrected chi connectivity index (χ1v) is 11.2. The molecule has 1 aromatic heterocycles. The van der Waals surface area contributed by atoms with Crippen molar-refractivity contribution < 1.29 is 19.1 Å². The summed E-state index contributed by atoms with van der Waals surface area (Å²) in [6.45, 7) is 2.40. The molecule has 0 saturated heterocycles. The summed E-state index contributed by atoms with van der Waals surface area (Å²) < 4.78 is 11.2. The highest BCUT2D eigenvalue weighted by Gasteiger charge is 2.27. The maximum absolute atomic E-state index is 13.2. The number of benzene rings is 2. The molecule has 2 atom stereocenters. The predicted molar refractivity (Wildman–Crippen MR) is 121 cm³/mol. The van der Waals surface area contributed by atoms with Gasteiger partial charge in [-0.2, -0.15) is 0 Å².